The third-order valence-electron chi connectivity index (χ3n) is 3.96. The van der Waals surface area contributed by atoms with Gasteiger partial charge < -0.3 is 5.73 Å². The molecule has 4 heteroatoms. The number of hydrogen-bond donors (Lipinski definition) is 1. The van der Waals surface area contributed by atoms with Crippen LogP contribution >= 0.6 is 0 Å². The molecule has 0 spiro atoms. The van der Waals surface area contributed by atoms with Crippen LogP contribution in [0.4, 0.5) is 8.78 Å². The highest BCUT2D eigenvalue weighted by Gasteiger charge is 2.28. The van der Waals surface area contributed by atoms with Gasteiger partial charge in [-0.2, -0.15) is 0 Å². The van der Waals surface area contributed by atoms with Crippen LogP contribution < -0.4 is 5.73 Å². The summed E-state index contributed by atoms with van der Waals surface area (Å²) in [6.07, 6.45) is 4.64. The van der Waals surface area contributed by atoms with E-state index in [0.29, 0.717) is 18.2 Å². The van der Waals surface area contributed by atoms with Crippen molar-refractivity contribution in [3.05, 3.63) is 35.4 Å². The molecule has 1 fully saturated rings. The summed E-state index contributed by atoms with van der Waals surface area (Å²) in [7, 11) is 1.96. The van der Waals surface area contributed by atoms with Crippen LogP contribution in [0.3, 0.4) is 0 Å². The number of benzene rings is 1. The van der Waals surface area contributed by atoms with Gasteiger partial charge >= 0.3 is 0 Å². The maximum atomic E-state index is 13.8. The van der Waals surface area contributed by atoms with E-state index in [-0.39, 0.29) is 6.04 Å². The van der Waals surface area contributed by atoms with Gasteiger partial charge in [-0.1, -0.05) is 25.0 Å². The first kappa shape index (κ1) is 13.4. The fourth-order valence-electron chi connectivity index (χ4n) is 2.86. The summed E-state index contributed by atoms with van der Waals surface area (Å²) in [6.45, 7) is 0.299. The molecule has 0 bridgehead atoms. The fraction of sp³-hybridized carbons (Fsp3) is 0.571. The van der Waals surface area contributed by atoms with Crippen LogP contribution in [0.5, 0.6) is 0 Å². The Bertz CT molecular complexity index is 403. The molecular weight excluding hydrogens is 234 g/mol. The summed E-state index contributed by atoms with van der Waals surface area (Å²) in [4.78, 5) is 2.10. The third-order valence-corrected chi connectivity index (χ3v) is 3.96. The van der Waals surface area contributed by atoms with Crippen LogP contribution in [0.15, 0.2) is 18.2 Å². The standard InChI is InChI=1S/C14H20F2N2/c1-18(10-5-2-3-6-10)13(9-17)11-7-4-8-12(15)14(11)16/h4,7-8,10,13H,2-3,5-6,9,17H2,1H3. The van der Waals surface area contributed by atoms with E-state index in [1.807, 2.05) is 7.05 Å². The van der Waals surface area contributed by atoms with Gasteiger partial charge in [-0.15, -0.1) is 0 Å². The van der Waals surface area contributed by atoms with Gasteiger partial charge in [0.15, 0.2) is 11.6 Å². The number of hydrogen-bond acceptors (Lipinski definition) is 2. The SMILES string of the molecule is CN(C1CCCC1)C(CN)c1cccc(F)c1F. The Morgan fingerprint density at radius 2 is 2.00 bits per heavy atom. The molecule has 0 heterocycles. The maximum absolute atomic E-state index is 13.8. The molecule has 1 aliphatic carbocycles. The molecule has 1 atom stereocenters. The highest BCUT2D eigenvalue weighted by molar-refractivity contribution is 5.23. The molecule has 0 saturated heterocycles. The summed E-state index contributed by atoms with van der Waals surface area (Å²) < 4.78 is 27.1. The molecule has 1 aliphatic rings. The van der Waals surface area contributed by atoms with E-state index < -0.39 is 11.6 Å². The molecule has 1 aromatic rings. The topological polar surface area (TPSA) is 29.3 Å². The lowest BCUT2D eigenvalue weighted by atomic mass is 10.0. The highest BCUT2D eigenvalue weighted by Crippen LogP contribution is 2.30. The highest BCUT2D eigenvalue weighted by atomic mass is 19.2. The van der Waals surface area contributed by atoms with Crippen LogP contribution in [0.1, 0.15) is 37.3 Å². The van der Waals surface area contributed by atoms with Gasteiger partial charge in [0.05, 0.1) is 0 Å². The minimum absolute atomic E-state index is 0.246. The number of nitrogens with two attached hydrogens (primary N) is 1. The Labute approximate surface area is 107 Å². The third kappa shape index (κ3) is 2.54. The molecule has 1 unspecified atom stereocenters. The van der Waals surface area contributed by atoms with Crippen molar-refractivity contribution in [2.24, 2.45) is 5.73 Å². The van der Waals surface area contributed by atoms with Gasteiger partial charge in [-0.05, 0) is 26.0 Å². The summed E-state index contributed by atoms with van der Waals surface area (Å²) in [5.74, 6) is -1.57. The van der Waals surface area contributed by atoms with Crippen LogP contribution in [-0.2, 0) is 0 Å². The zero-order chi connectivity index (χ0) is 13.1. The smallest absolute Gasteiger partial charge is 0.163 e. The van der Waals surface area contributed by atoms with Crippen LogP contribution in [-0.4, -0.2) is 24.5 Å². The van der Waals surface area contributed by atoms with Gasteiger partial charge in [0, 0.05) is 24.2 Å². The first-order valence-corrected chi connectivity index (χ1v) is 6.51. The minimum atomic E-state index is -0.800. The average molecular weight is 254 g/mol. The van der Waals surface area contributed by atoms with Crippen molar-refractivity contribution in [1.29, 1.82) is 0 Å². The Kier molecular flexibility index (Phi) is 4.30. The van der Waals surface area contributed by atoms with Crippen LogP contribution in [0, 0.1) is 11.6 Å². The van der Waals surface area contributed by atoms with Gasteiger partial charge in [0.2, 0.25) is 0 Å². The van der Waals surface area contributed by atoms with Crippen LogP contribution in [0.25, 0.3) is 0 Å². The molecule has 2 N–H and O–H groups in total. The maximum Gasteiger partial charge on any atom is 0.163 e. The van der Waals surface area contributed by atoms with Gasteiger partial charge in [0.1, 0.15) is 0 Å². The monoisotopic (exact) mass is 254 g/mol. The molecular formula is C14H20F2N2. The summed E-state index contributed by atoms with van der Waals surface area (Å²) in [6, 6.07) is 4.49. The second kappa shape index (κ2) is 5.76. The average Bonchev–Trinajstić information content (AvgIpc) is 2.89. The van der Waals surface area contributed by atoms with E-state index in [2.05, 4.69) is 4.90 Å². The summed E-state index contributed by atoms with van der Waals surface area (Å²) in [5, 5.41) is 0. The first-order chi connectivity index (χ1) is 8.65. The largest absolute Gasteiger partial charge is 0.329 e. The molecule has 0 amide bonds. The van der Waals surface area contributed by atoms with Crippen molar-refractivity contribution < 1.29 is 8.78 Å². The normalized spacial score (nSPS) is 18.5. The summed E-state index contributed by atoms with van der Waals surface area (Å²) >= 11 is 0. The van der Waals surface area contributed by atoms with E-state index in [1.54, 1.807) is 12.1 Å². The number of nitrogens with zero attached hydrogens (tertiary/aromatic N) is 1. The first-order valence-electron chi connectivity index (χ1n) is 6.51. The molecule has 18 heavy (non-hydrogen) atoms. The van der Waals surface area contributed by atoms with E-state index in [9.17, 15) is 8.78 Å². The van der Waals surface area contributed by atoms with E-state index >= 15 is 0 Å². The molecule has 2 nitrogen and oxygen atoms in total. The molecule has 2 rings (SSSR count). The molecule has 100 valence electrons. The quantitative estimate of drug-likeness (QED) is 0.895. The second-order valence-electron chi connectivity index (χ2n) is 5.00. The Balaban J connectivity index is 2.24. The van der Waals surface area contributed by atoms with Gasteiger partial charge in [-0.25, -0.2) is 8.78 Å². The van der Waals surface area contributed by atoms with E-state index in [0.717, 1.165) is 18.9 Å². The van der Waals surface area contributed by atoms with Crippen molar-refractivity contribution in [2.45, 2.75) is 37.8 Å². The van der Waals surface area contributed by atoms with Crippen LogP contribution in [0.2, 0.25) is 0 Å². The van der Waals surface area contributed by atoms with Crippen molar-refractivity contribution in [3.63, 3.8) is 0 Å². The van der Waals surface area contributed by atoms with Gasteiger partial charge in [0.25, 0.3) is 0 Å². The predicted octanol–water partition coefficient (Wildman–Crippen LogP) is 2.84. The zero-order valence-electron chi connectivity index (χ0n) is 10.7. The number of rotatable bonds is 4. The van der Waals surface area contributed by atoms with Crippen molar-refractivity contribution in [1.82, 2.24) is 4.90 Å². The Hall–Kier alpha value is -1.00. The van der Waals surface area contributed by atoms with Gasteiger partial charge in [-0.3, -0.25) is 4.90 Å². The second-order valence-corrected chi connectivity index (χ2v) is 5.00. The fourth-order valence-corrected chi connectivity index (χ4v) is 2.86. The van der Waals surface area contributed by atoms with Crippen molar-refractivity contribution in [3.8, 4) is 0 Å². The molecule has 1 aromatic carbocycles. The van der Waals surface area contributed by atoms with E-state index in [4.69, 9.17) is 5.73 Å². The molecule has 0 aromatic heterocycles. The zero-order valence-corrected chi connectivity index (χ0v) is 10.7. The molecule has 1 saturated carbocycles. The number of halogens is 2. The Morgan fingerprint density at radius 3 is 2.61 bits per heavy atom. The summed E-state index contributed by atoms with van der Waals surface area (Å²) in [5.41, 5.74) is 6.13. The van der Waals surface area contributed by atoms with Crippen molar-refractivity contribution in [2.75, 3.05) is 13.6 Å². The lowest BCUT2D eigenvalue weighted by Crippen LogP contribution is -2.37. The molecule has 0 aliphatic heterocycles. The molecule has 0 radical (unpaired) electrons. The van der Waals surface area contributed by atoms with Crippen molar-refractivity contribution >= 4 is 0 Å². The lowest BCUT2D eigenvalue weighted by Gasteiger charge is -2.32. The van der Waals surface area contributed by atoms with E-state index in [1.165, 1.54) is 12.8 Å². The minimum Gasteiger partial charge on any atom is -0.329 e. The predicted molar refractivity (Wildman–Crippen MR) is 68.2 cm³/mol. The lowest BCUT2D eigenvalue weighted by molar-refractivity contribution is 0.175. The Morgan fingerprint density at radius 1 is 1.33 bits per heavy atom. The number of likely N-dealkylation sites (N-methyl/N-ethyl adjacent to an activating group) is 1.